The fraction of sp³-hybridized carbons (Fsp3) is 0.688. The molecule has 0 amide bonds. The fourth-order valence-electron chi connectivity index (χ4n) is 6.16. The van der Waals surface area contributed by atoms with E-state index in [-0.39, 0.29) is 0 Å². The van der Waals surface area contributed by atoms with Crippen LogP contribution in [0.3, 0.4) is 0 Å². The van der Waals surface area contributed by atoms with Crippen LogP contribution in [0.4, 0.5) is 35.6 Å². The molecule has 0 unspecified atom stereocenters. The van der Waals surface area contributed by atoms with E-state index >= 15 is 0 Å². The van der Waals surface area contributed by atoms with Crippen LogP contribution in [0.15, 0.2) is 9.05 Å². The van der Waals surface area contributed by atoms with Crippen LogP contribution in [0, 0.1) is 13.8 Å². The summed E-state index contributed by atoms with van der Waals surface area (Å²) in [5, 5.41) is 7.98. The third kappa shape index (κ3) is 8.68. The number of aryl methyl sites for hydroxylation is 2. The van der Waals surface area contributed by atoms with Crippen LogP contribution < -0.4 is 29.4 Å². The van der Waals surface area contributed by atoms with Gasteiger partial charge in [0.2, 0.25) is 11.9 Å². The average Bonchev–Trinajstić information content (AvgIpc) is 3.82. The van der Waals surface area contributed by atoms with Gasteiger partial charge >= 0.3 is 12.0 Å². The van der Waals surface area contributed by atoms with Gasteiger partial charge in [-0.3, -0.25) is 0 Å². The van der Waals surface area contributed by atoms with E-state index in [4.69, 9.17) is 47.9 Å². The molecule has 52 heavy (non-hydrogen) atoms. The van der Waals surface area contributed by atoms with Crippen LogP contribution in [0.2, 0.25) is 0 Å². The van der Waals surface area contributed by atoms with Crippen molar-refractivity contribution in [3.8, 4) is 0 Å². The van der Waals surface area contributed by atoms with Crippen molar-refractivity contribution in [2.45, 2.75) is 13.8 Å². The van der Waals surface area contributed by atoms with Crippen molar-refractivity contribution in [3.63, 3.8) is 0 Å². The minimum Gasteiger partial charge on any atom is -0.383 e. The third-order valence-electron chi connectivity index (χ3n) is 9.04. The van der Waals surface area contributed by atoms with Gasteiger partial charge in [-0.05, 0) is 13.8 Å². The van der Waals surface area contributed by atoms with E-state index in [0.29, 0.717) is 152 Å². The number of hydrogen-bond donors (Lipinski definition) is 0. The Bertz CT molecular complexity index is 1570. The maximum atomic E-state index is 5.49. The summed E-state index contributed by atoms with van der Waals surface area (Å²) in [6.07, 6.45) is 0. The number of rotatable bonds is 18. The molecule has 6 heterocycles. The third-order valence-corrected chi connectivity index (χ3v) is 9.04. The zero-order valence-corrected chi connectivity index (χ0v) is 31.0. The summed E-state index contributed by atoms with van der Waals surface area (Å²) in [5.41, 5.74) is 1.33. The van der Waals surface area contributed by atoms with Gasteiger partial charge in [0.05, 0.1) is 26.4 Å². The molecule has 0 saturated carbocycles. The molecule has 0 atom stereocenters. The molecule has 2 aliphatic heterocycles. The van der Waals surface area contributed by atoms with Crippen LogP contribution in [0.1, 0.15) is 11.6 Å². The number of nitrogens with zero attached hydrogens (tertiary/aromatic N) is 14. The molecule has 0 aromatic carbocycles. The first-order valence-electron chi connectivity index (χ1n) is 17.6. The summed E-state index contributed by atoms with van der Waals surface area (Å²) < 4.78 is 32.9. The van der Waals surface area contributed by atoms with Gasteiger partial charge < -0.3 is 57.4 Å². The van der Waals surface area contributed by atoms with Gasteiger partial charge in [-0.25, -0.2) is 9.97 Å². The Hall–Kier alpha value is -4.66. The van der Waals surface area contributed by atoms with Crippen molar-refractivity contribution in [2.24, 2.45) is 0 Å². The lowest BCUT2D eigenvalue weighted by atomic mass is 10.2. The lowest BCUT2D eigenvalue weighted by molar-refractivity contribution is 0.189. The molecule has 2 saturated heterocycles. The topological polar surface area (TPSA) is 186 Å². The van der Waals surface area contributed by atoms with Crippen molar-refractivity contribution in [3.05, 3.63) is 11.6 Å². The SMILES string of the molecule is COCCN(CCOC)c1nc(N2CCN(c3nc(C)no3)CC2)c2nc(N(CCOC)CCOC)nc(N3CCN(c4nc(C)no4)CC3)c2n1. The summed E-state index contributed by atoms with van der Waals surface area (Å²) >= 11 is 0. The van der Waals surface area contributed by atoms with Crippen LogP contribution in [-0.2, 0) is 18.9 Å². The number of ether oxygens (including phenoxy) is 4. The lowest BCUT2D eigenvalue weighted by Gasteiger charge is -2.37. The molecule has 4 aromatic rings. The smallest absolute Gasteiger partial charge is 0.324 e. The second-order valence-corrected chi connectivity index (χ2v) is 12.5. The highest BCUT2D eigenvalue weighted by Gasteiger charge is 2.30. The highest BCUT2D eigenvalue weighted by Crippen LogP contribution is 2.34. The summed E-state index contributed by atoms with van der Waals surface area (Å²) in [5.74, 6) is 3.77. The van der Waals surface area contributed by atoms with E-state index in [1.807, 2.05) is 13.8 Å². The van der Waals surface area contributed by atoms with Crippen LogP contribution >= 0.6 is 0 Å². The number of hydrogen-bond acceptors (Lipinski definition) is 20. The van der Waals surface area contributed by atoms with Crippen molar-refractivity contribution in [1.82, 2.24) is 40.2 Å². The van der Waals surface area contributed by atoms with Crippen molar-refractivity contribution in [2.75, 3.05) is 163 Å². The first-order valence-corrected chi connectivity index (χ1v) is 17.6. The Labute approximate surface area is 303 Å². The van der Waals surface area contributed by atoms with E-state index < -0.39 is 0 Å². The number of piperazine rings is 2. The van der Waals surface area contributed by atoms with Gasteiger partial charge in [0.1, 0.15) is 11.0 Å². The lowest BCUT2D eigenvalue weighted by Crippen LogP contribution is -2.48. The Morgan fingerprint density at radius 1 is 0.481 bits per heavy atom. The summed E-state index contributed by atoms with van der Waals surface area (Å²) in [4.78, 5) is 42.7. The van der Waals surface area contributed by atoms with E-state index in [9.17, 15) is 0 Å². The number of anilines is 6. The molecule has 0 radical (unpaired) electrons. The molecule has 6 rings (SSSR count). The standard InChI is InChI=1S/C32H50N14O6/c1-23-33-31(51-39-23)45-11-7-41(8-12-45)27-25-26(36-29(37-27)43(15-19-47-3)16-20-48-4)28(38-30(35-25)44(17-21-49-5)18-22-50-6)42-9-13-46(14-10-42)32-34-24(2)40-52-32/h7-22H2,1-6H3. The Morgan fingerprint density at radius 2 is 0.808 bits per heavy atom. The Kier molecular flexibility index (Phi) is 12.6. The van der Waals surface area contributed by atoms with Gasteiger partial charge in [0.25, 0.3) is 0 Å². The molecule has 0 spiro atoms. The highest BCUT2D eigenvalue weighted by atomic mass is 16.5. The molecule has 2 fully saturated rings. The normalized spacial score (nSPS) is 15.3. The molecule has 2 aliphatic rings. The fourth-order valence-corrected chi connectivity index (χ4v) is 6.16. The van der Waals surface area contributed by atoms with Crippen LogP contribution in [0.5, 0.6) is 0 Å². The minimum atomic E-state index is 0.496. The minimum absolute atomic E-state index is 0.496. The molecule has 0 bridgehead atoms. The van der Waals surface area contributed by atoms with Crippen molar-refractivity contribution >= 4 is 46.6 Å². The van der Waals surface area contributed by atoms with E-state index in [0.717, 1.165) is 11.6 Å². The zero-order valence-electron chi connectivity index (χ0n) is 31.0. The zero-order chi connectivity index (χ0) is 36.5. The maximum Gasteiger partial charge on any atom is 0.324 e. The molecule has 4 aromatic heterocycles. The van der Waals surface area contributed by atoms with E-state index in [1.165, 1.54) is 0 Å². The number of methoxy groups -OCH3 is 4. The molecule has 20 heteroatoms. The molecular formula is C32H50N14O6. The second kappa shape index (κ2) is 17.7. The molecule has 0 aliphatic carbocycles. The van der Waals surface area contributed by atoms with Gasteiger partial charge in [-0.15, -0.1) is 0 Å². The first kappa shape index (κ1) is 37.1. The summed E-state index contributed by atoms with van der Waals surface area (Å²) in [6, 6.07) is 1.04. The van der Waals surface area contributed by atoms with Gasteiger partial charge in [-0.2, -0.15) is 19.9 Å². The largest absolute Gasteiger partial charge is 0.383 e. The van der Waals surface area contributed by atoms with E-state index in [2.05, 4.69) is 49.7 Å². The van der Waals surface area contributed by atoms with Crippen LogP contribution in [0.25, 0.3) is 11.0 Å². The number of fused-ring (bicyclic) bond motifs is 1. The maximum absolute atomic E-state index is 5.49. The highest BCUT2D eigenvalue weighted by molar-refractivity contribution is 5.95. The molecular weight excluding hydrogens is 676 g/mol. The quantitative estimate of drug-likeness (QED) is 0.139. The number of aromatic nitrogens is 8. The Morgan fingerprint density at radius 3 is 1.10 bits per heavy atom. The predicted molar refractivity (Wildman–Crippen MR) is 194 cm³/mol. The second-order valence-electron chi connectivity index (χ2n) is 12.5. The van der Waals surface area contributed by atoms with Gasteiger partial charge in [-0.1, -0.05) is 10.3 Å². The predicted octanol–water partition coefficient (Wildman–Crippen LogP) is 0.654. The van der Waals surface area contributed by atoms with Gasteiger partial charge in [0, 0.05) is 107 Å². The summed E-state index contributed by atoms with van der Waals surface area (Å²) in [6.45, 7) is 13.2. The Balaban J connectivity index is 1.45. The van der Waals surface area contributed by atoms with Crippen LogP contribution in [-0.4, -0.2) is 174 Å². The molecule has 284 valence electrons. The first-order chi connectivity index (χ1) is 25.4. The molecule has 20 nitrogen and oxygen atoms in total. The van der Waals surface area contributed by atoms with Crippen molar-refractivity contribution in [1.29, 1.82) is 0 Å². The summed E-state index contributed by atoms with van der Waals surface area (Å²) in [7, 11) is 6.75. The molecule has 0 N–H and O–H groups in total. The monoisotopic (exact) mass is 726 g/mol. The van der Waals surface area contributed by atoms with Crippen molar-refractivity contribution < 1.29 is 28.0 Å². The van der Waals surface area contributed by atoms with E-state index in [1.54, 1.807) is 28.4 Å². The average molecular weight is 727 g/mol. The van der Waals surface area contributed by atoms with Gasteiger partial charge in [0.15, 0.2) is 23.3 Å².